The standard InChI is InChI=1S/C55H76N4O5.Mg/c1-13-39-35(8)42-28-44-37(10)41(24-25-48(60)64-27-26-34(7)23-17-22-33(6)21-16-20-32(5)19-15-18-31(3)4)52(58-44)50-51(55(62)63-12)54(61)49-38(11)45(59-53(49)50)30-47-40(14-2)36(9)43(57-47)29-46(39)56-42;/h13,26,28-33,37,41,51-52,57-58,61H,1,14-25,27H2,2-12H3;/q-2;+2/b34-26+,43-29-,44-28-,47-30-;/t32-,33-,37+,41+,51-,52?;/m1./s1. The number of carbonyl (C=O) groups is 2. The Morgan fingerprint density at radius 1 is 0.877 bits per heavy atom. The van der Waals surface area contributed by atoms with Gasteiger partial charge < -0.3 is 34.8 Å². The molecule has 3 aromatic rings. The van der Waals surface area contributed by atoms with Gasteiger partial charge in [-0.3, -0.25) is 9.59 Å². The van der Waals surface area contributed by atoms with Gasteiger partial charge in [0.15, 0.2) is 0 Å². The molecule has 1 saturated heterocycles. The molecule has 0 spiro atoms. The number of esters is 2. The van der Waals surface area contributed by atoms with E-state index in [-0.39, 0.29) is 59.6 Å². The SMILES string of the molecule is C=Cc1c2[n-]c(c1C)/C=C1\NC(C3=c4[n-]c(c(C)c4=C(O)[C@@H]3C(=O)OC)/C=c3\[nH]/c(c(C)c3CC)=C\2)[C@@H](CCC(=O)OC/C=C(\C)CCC[C@H](C)CCC[C@H](C)CCCC(C)C)[C@@H]1C.[Mg+2]. The summed E-state index contributed by atoms with van der Waals surface area (Å²) in [5.74, 6) is 0.241. The van der Waals surface area contributed by atoms with Crippen LogP contribution in [0.15, 0.2) is 23.9 Å². The first-order valence-electron chi connectivity index (χ1n) is 24.3. The summed E-state index contributed by atoms with van der Waals surface area (Å²) in [5, 5.41) is 18.8. The number of aliphatic hydroxyl groups is 1. The number of aromatic amines is 1. The van der Waals surface area contributed by atoms with E-state index in [1.54, 1.807) is 0 Å². The minimum Gasteiger partial charge on any atom is -0.657 e. The van der Waals surface area contributed by atoms with Crippen LogP contribution in [0.5, 0.6) is 0 Å². The van der Waals surface area contributed by atoms with Crippen LogP contribution >= 0.6 is 0 Å². The number of ether oxygens (including phenoxy) is 2. The van der Waals surface area contributed by atoms with Gasteiger partial charge in [0.2, 0.25) is 0 Å². The van der Waals surface area contributed by atoms with Gasteiger partial charge in [-0.1, -0.05) is 134 Å². The minimum absolute atomic E-state index is 0. The summed E-state index contributed by atoms with van der Waals surface area (Å²) in [7, 11) is 1.35. The van der Waals surface area contributed by atoms with Gasteiger partial charge in [0.05, 0.1) is 13.2 Å². The van der Waals surface area contributed by atoms with Gasteiger partial charge in [-0.2, -0.15) is 0 Å². The molecule has 6 rings (SSSR count). The predicted molar refractivity (Wildman–Crippen MR) is 267 cm³/mol. The van der Waals surface area contributed by atoms with E-state index in [0.717, 1.165) is 92.7 Å². The molecule has 6 atom stereocenters. The second kappa shape index (κ2) is 23.0. The number of hydrogen-bond acceptors (Lipinski definition) is 6. The van der Waals surface area contributed by atoms with Crippen LogP contribution in [-0.4, -0.2) is 64.8 Å². The summed E-state index contributed by atoms with van der Waals surface area (Å²) >= 11 is 0. The molecule has 0 radical (unpaired) electrons. The first-order valence-corrected chi connectivity index (χ1v) is 24.3. The predicted octanol–water partition coefficient (Wildman–Crippen LogP) is 8.24. The Morgan fingerprint density at radius 3 is 2.17 bits per heavy atom. The fraction of sp³-hybridized carbons (Fsp3) is 0.564. The average molecular weight is 898 g/mol. The van der Waals surface area contributed by atoms with Crippen molar-refractivity contribution in [1.82, 2.24) is 20.3 Å². The molecule has 0 amide bonds. The maximum atomic E-state index is 13.7. The van der Waals surface area contributed by atoms with Crippen LogP contribution in [0.1, 0.15) is 164 Å². The van der Waals surface area contributed by atoms with Crippen molar-refractivity contribution in [2.24, 2.45) is 35.5 Å². The zero-order valence-electron chi connectivity index (χ0n) is 41.5. The van der Waals surface area contributed by atoms with E-state index >= 15 is 0 Å². The van der Waals surface area contributed by atoms with Crippen molar-refractivity contribution in [3.8, 4) is 0 Å². The Kier molecular flexibility index (Phi) is 18.4. The molecule has 8 bridgehead atoms. The zero-order chi connectivity index (χ0) is 46.4. The molecule has 5 heterocycles. The summed E-state index contributed by atoms with van der Waals surface area (Å²) in [6.07, 6.45) is 23.0. The van der Waals surface area contributed by atoms with Gasteiger partial charge in [0.1, 0.15) is 18.3 Å². The van der Waals surface area contributed by atoms with Crippen LogP contribution in [0.4, 0.5) is 0 Å². The Labute approximate surface area is 404 Å². The van der Waals surface area contributed by atoms with E-state index in [1.165, 1.54) is 63.2 Å². The fourth-order valence-corrected chi connectivity index (χ4v) is 10.6. The number of fused-ring (bicyclic) bond motifs is 8. The van der Waals surface area contributed by atoms with Crippen LogP contribution in [0, 0.1) is 56.3 Å². The Hall–Kier alpha value is -4.15. The number of aromatic nitrogens is 3. The molecule has 9 nitrogen and oxygen atoms in total. The molecular weight excluding hydrogens is 821 g/mol. The van der Waals surface area contributed by atoms with Crippen LogP contribution < -0.4 is 36.6 Å². The topological polar surface area (TPSA) is 129 Å². The third-order valence-electron chi connectivity index (χ3n) is 14.7. The summed E-state index contributed by atoms with van der Waals surface area (Å²) in [4.78, 5) is 41.1. The molecule has 65 heavy (non-hydrogen) atoms. The minimum atomic E-state index is -1.03. The van der Waals surface area contributed by atoms with Crippen molar-refractivity contribution in [2.45, 2.75) is 152 Å². The molecule has 1 unspecified atom stereocenters. The van der Waals surface area contributed by atoms with Gasteiger partial charge in [0.25, 0.3) is 0 Å². The summed E-state index contributed by atoms with van der Waals surface area (Å²) in [6.45, 7) is 26.4. The quantitative estimate of drug-likeness (QED) is 0.0588. The molecule has 1 aliphatic carbocycles. The maximum Gasteiger partial charge on any atom is 2.00 e. The molecular formula is C55H76MgN4O5. The number of allylic oxidation sites excluding steroid dienone is 2. The largest absolute Gasteiger partial charge is 2.00 e. The molecule has 348 valence electrons. The van der Waals surface area contributed by atoms with Crippen molar-refractivity contribution in [1.29, 1.82) is 0 Å². The van der Waals surface area contributed by atoms with E-state index in [1.807, 2.05) is 25.2 Å². The first kappa shape index (κ1) is 51.8. The van der Waals surface area contributed by atoms with Crippen molar-refractivity contribution in [3.63, 3.8) is 0 Å². The third kappa shape index (κ3) is 11.7. The number of rotatable bonds is 20. The number of hydrogen-bond donors (Lipinski definition) is 3. The second-order valence-electron chi connectivity index (χ2n) is 19.8. The zero-order valence-corrected chi connectivity index (χ0v) is 42.9. The van der Waals surface area contributed by atoms with Crippen molar-refractivity contribution >= 4 is 70.6 Å². The van der Waals surface area contributed by atoms with Gasteiger partial charge in [-0.15, -0.1) is 22.4 Å². The van der Waals surface area contributed by atoms with Gasteiger partial charge >= 0.3 is 35.0 Å². The van der Waals surface area contributed by atoms with Gasteiger partial charge in [0, 0.05) is 34.0 Å². The fourth-order valence-electron chi connectivity index (χ4n) is 10.6. The summed E-state index contributed by atoms with van der Waals surface area (Å²) in [5.41, 5.74) is 10.3. The summed E-state index contributed by atoms with van der Waals surface area (Å²) < 4.78 is 11.2. The monoisotopic (exact) mass is 897 g/mol. The van der Waals surface area contributed by atoms with Crippen LogP contribution in [0.3, 0.4) is 0 Å². The normalized spacial score (nSPS) is 21.7. The molecule has 0 aromatic carbocycles. The number of methoxy groups -OCH3 is 1. The second-order valence-corrected chi connectivity index (χ2v) is 19.8. The number of carbonyl (C=O) groups excluding carboxylic acids is 2. The average Bonchev–Trinajstić information content (AvgIpc) is 3.99. The van der Waals surface area contributed by atoms with E-state index in [2.05, 4.69) is 91.3 Å². The van der Waals surface area contributed by atoms with Crippen molar-refractivity contribution in [2.75, 3.05) is 13.7 Å². The van der Waals surface area contributed by atoms with Crippen LogP contribution in [0.2, 0.25) is 0 Å². The van der Waals surface area contributed by atoms with Crippen molar-refractivity contribution in [3.05, 3.63) is 90.1 Å². The Morgan fingerprint density at radius 2 is 1.52 bits per heavy atom. The molecule has 10 heteroatoms. The van der Waals surface area contributed by atoms with Gasteiger partial charge in [-0.25, -0.2) is 0 Å². The molecule has 3 aromatic heterocycles. The van der Waals surface area contributed by atoms with E-state index in [9.17, 15) is 14.7 Å². The first-order chi connectivity index (χ1) is 30.6. The third-order valence-corrected chi connectivity index (χ3v) is 14.7. The van der Waals surface area contributed by atoms with Crippen LogP contribution in [0.25, 0.3) is 35.6 Å². The number of nitrogens with one attached hydrogen (secondary N) is 2. The number of H-pyrrole nitrogens is 1. The molecule has 2 aliphatic heterocycles. The summed E-state index contributed by atoms with van der Waals surface area (Å²) in [6, 6.07) is -0.440. The molecule has 3 N–H and O–H groups in total. The smallest absolute Gasteiger partial charge is 0.657 e. The Bertz CT molecular complexity index is 2510. The van der Waals surface area contributed by atoms with Gasteiger partial charge in [-0.05, 0) is 105 Å². The maximum absolute atomic E-state index is 13.7. The van der Waals surface area contributed by atoms with E-state index in [0.29, 0.717) is 22.6 Å². The molecule has 0 saturated carbocycles. The number of nitrogens with zero attached hydrogens (tertiary/aromatic N) is 2. The molecule has 1 fully saturated rings. The van der Waals surface area contributed by atoms with E-state index in [4.69, 9.17) is 19.4 Å². The van der Waals surface area contributed by atoms with Crippen molar-refractivity contribution < 1.29 is 24.2 Å². The van der Waals surface area contributed by atoms with E-state index < -0.39 is 17.9 Å². The van der Waals surface area contributed by atoms with Crippen LogP contribution in [-0.2, 0) is 25.5 Å². The number of aliphatic hydroxyl groups excluding tert-OH is 1. The Balaban J connectivity index is 0.00000793. The molecule has 3 aliphatic rings.